The lowest BCUT2D eigenvalue weighted by atomic mass is 10.1. The Hall–Kier alpha value is -2.40. The first kappa shape index (κ1) is 16.7. The van der Waals surface area contributed by atoms with Crippen LogP contribution in [0.3, 0.4) is 0 Å². The number of thioether (sulfide) groups is 1. The van der Waals surface area contributed by atoms with E-state index >= 15 is 0 Å². The number of hydrogen-bond donors (Lipinski definition) is 1. The van der Waals surface area contributed by atoms with Gasteiger partial charge in [0.25, 0.3) is 0 Å². The summed E-state index contributed by atoms with van der Waals surface area (Å²) in [7, 11) is 4.22. The van der Waals surface area contributed by atoms with E-state index in [1.54, 1.807) is 18.5 Å². The molecule has 0 fully saturated rings. The smallest absolute Gasteiger partial charge is 0.340 e. The molecular formula is C13H15N3O4S. The Morgan fingerprint density at radius 1 is 1.29 bits per heavy atom. The third-order valence-corrected chi connectivity index (χ3v) is 3.07. The molecule has 1 aromatic carbocycles. The summed E-state index contributed by atoms with van der Waals surface area (Å²) in [5, 5.41) is 11.4. The number of hydrogen-bond acceptors (Lipinski definition) is 7. The highest BCUT2D eigenvalue weighted by Crippen LogP contribution is 2.35. The summed E-state index contributed by atoms with van der Waals surface area (Å²) in [6.45, 7) is 0. The Morgan fingerprint density at radius 3 is 2.38 bits per heavy atom. The van der Waals surface area contributed by atoms with Crippen LogP contribution in [0.2, 0.25) is 0 Å². The molecule has 1 rings (SSSR count). The first-order chi connectivity index (χ1) is 10.1. The second kappa shape index (κ2) is 8.01. The third kappa shape index (κ3) is 4.03. The number of carbonyl (C=O) groups excluding carboxylic acids is 1. The van der Waals surface area contributed by atoms with Gasteiger partial charge in [-0.1, -0.05) is 11.8 Å². The minimum atomic E-state index is -0.563. The second-order valence-electron chi connectivity index (χ2n) is 3.57. The molecule has 0 aliphatic carbocycles. The summed E-state index contributed by atoms with van der Waals surface area (Å²) in [6.07, 6.45) is 3.53. The maximum Gasteiger partial charge on any atom is 0.340 e. The number of nitrogens with zero attached hydrogens (tertiary/aromatic N) is 2. The molecule has 0 saturated heterocycles. The summed E-state index contributed by atoms with van der Waals surface area (Å²) in [5.41, 5.74) is 0.521. The molecule has 7 nitrogen and oxygen atoms in total. The fourth-order valence-corrected chi connectivity index (χ4v) is 1.85. The molecule has 1 N–H and O–H groups in total. The molecule has 0 aliphatic rings. The van der Waals surface area contributed by atoms with Crippen LogP contribution in [0.5, 0.6) is 11.5 Å². The molecule has 0 spiro atoms. The molecule has 0 aliphatic heterocycles. The summed E-state index contributed by atoms with van der Waals surface area (Å²) in [6, 6.07) is 3.02. The third-order valence-electron chi connectivity index (χ3n) is 2.49. The summed E-state index contributed by atoms with van der Waals surface area (Å²) in [5.74, 6) is 0.240. The highest BCUT2D eigenvalue weighted by atomic mass is 32.2. The molecule has 21 heavy (non-hydrogen) atoms. The number of benzene rings is 1. The van der Waals surface area contributed by atoms with Crippen molar-refractivity contribution in [2.45, 2.75) is 0 Å². The summed E-state index contributed by atoms with van der Waals surface area (Å²) in [4.78, 5) is 16.1. The molecule has 8 heteroatoms. The lowest BCUT2D eigenvalue weighted by Gasteiger charge is -2.12. The van der Waals surface area contributed by atoms with Crippen molar-refractivity contribution in [3.63, 3.8) is 0 Å². The summed E-state index contributed by atoms with van der Waals surface area (Å²) < 4.78 is 15.1. The predicted octanol–water partition coefficient (Wildman–Crippen LogP) is 1.91. The number of nitriles is 1. The van der Waals surface area contributed by atoms with E-state index in [4.69, 9.17) is 19.5 Å². The first-order valence-corrected chi connectivity index (χ1v) is 6.95. The Labute approximate surface area is 126 Å². The molecular weight excluding hydrogens is 294 g/mol. The van der Waals surface area contributed by atoms with Gasteiger partial charge >= 0.3 is 5.97 Å². The van der Waals surface area contributed by atoms with Gasteiger partial charge in [-0.2, -0.15) is 5.26 Å². The minimum absolute atomic E-state index is 0.210. The van der Waals surface area contributed by atoms with E-state index in [1.807, 2.05) is 0 Å². The molecule has 0 saturated carbocycles. The minimum Gasteiger partial charge on any atom is -0.493 e. The Kier molecular flexibility index (Phi) is 6.36. The highest BCUT2D eigenvalue weighted by molar-refractivity contribution is 8.13. The van der Waals surface area contributed by atoms with Crippen molar-refractivity contribution in [2.24, 2.45) is 4.99 Å². The van der Waals surface area contributed by atoms with Crippen LogP contribution in [0.15, 0.2) is 17.1 Å². The van der Waals surface area contributed by atoms with E-state index < -0.39 is 5.97 Å². The number of ether oxygens (including phenoxy) is 3. The number of methoxy groups -OCH3 is 3. The van der Waals surface area contributed by atoms with E-state index in [0.29, 0.717) is 22.4 Å². The Balaban J connectivity index is 3.46. The zero-order chi connectivity index (χ0) is 15.8. The van der Waals surface area contributed by atoms with Gasteiger partial charge in [-0.3, -0.25) is 5.32 Å². The highest BCUT2D eigenvalue weighted by Gasteiger charge is 2.17. The van der Waals surface area contributed by atoms with Crippen LogP contribution in [0, 0.1) is 11.5 Å². The van der Waals surface area contributed by atoms with Crippen molar-refractivity contribution in [1.82, 2.24) is 5.32 Å². The first-order valence-electron chi connectivity index (χ1n) is 5.73. The van der Waals surface area contributed by atoms with Crippen LogP contribution >= 0.6 is 11.8 Å². The van der Waals surface area contributed by atoms with Crippen LogP contribution in [-0.2, 0) is 4.74 Å². The molecule has 0 unspecified atom stereocenters. The Bertz CT molecular complexity index is 596. The second-order valence-corrected chi connectivity index (χ2v) is 4.37. The van der Waals surface area contributed by atoms with Crippen LogP contribution in [0.1, 0.15) is 10.4 Å². The van der Waals surface area contributed by atoms with E-state index in [-0.39, 0.29) is 5.56 Å². The van der Waals surface area contributed by atoms with Gasteiger partial charge < -0.3 is 14.2 Å². The van der Waals surface area contributed by atoms with E-state index in [9.17, 15) is 4.79 Å². The number of amidine groups is 1. The molecule has 0 aromatic heterocycles. The molecule has 0 bridgehead atoms. The van der Waals surface area contributed by atoms with E-state index in [2.05, 4.69) is 10.3 Å². The summed E-state index contributed by atoms with van der Waals surface area (Å²) >= 11 is 1.23. The van der Waals surface area contributed by atoms with E-state index in [0.717, 1.165) is 0 Å². The van der Waals surface area contributed by atoms with Gasteiger partial charge in [0.15, 0.2) is 22.9 Å². The number of esters is 1. The van der Waals surface area contributed by atoms with Gasteiger partial charge in [-0.25, -0.2) is 9.79 Å². The van der Waals surface area contributed by atoms with Crippen molar-refractivity contribution < 1.29 is 19.0 Å². The number of rotatable bonds is 4. The van der Waals surface area contributed by atoms with Crippen LogP contribution < -0.4 is 14.8 Å². The topological polar surface area (TPSA) is 92.9 Å². The normalized spacial score (nSPS) is 10.5. The Morgan fingerprint density at radius 2 is 1.90 bits per heavy atom. The van der Waals surface area contributed by atoms with Gasteiger partial charge in [0.1, 0.15) is 0 Å². The van der Waals surface area contributed by atoms with Gasteiger partial charge in [0.2, 0.25) is 0 Å². The predicted molar refractivity (Wildman–Crippen MR) is 80.2 cm³/mol. The van der Waals surface area contributed by atoms with Gasteiger partial charge in [0, 0.05) is 12.1 Å². The van der Waals surface area contributed by atoms with Crippen molar-refractivity contribution in [1.29, 1.82) is 5.26 Å². The van der Waals surface area contributed by atoms with Crippen LogP contribution in [0.25, 0.3) is 0 Å². The van der Waals surface area contributed by atoms with Crippen molar-refractivity contribution in [3.05, 3.63) is 17.7 Å². The molecule has 0 radical (unpaired) electrons. The molecule has 1 aromatic rings. The molecule has 112 valence electrons. The van der Waals surface area contributed by atoms with Crippen LogP contribution in [0.4, 0.5) is 5.69 Å². The average Bonchev–Trinajstić information content (AvgIpc) is 2.52. The largest absolute Gasteiger partial charge is 0.493 e. The van der Waals surface area contributed by atoms with Crippen molar-refractivity contribution >= 4 is 28.6 Å². The lowest BCUT2D eigenvalue weighted by molar-refractivity contribution is 0.0601. The van der Waals surface area contributed by atoms with E-state index in [1.165, 1.54) is 39.2 Å². The maximum absolute atomic E-state index is 11.8. The van der Waals surface area contributed by atoms with Crippen LogP contribution in [-0.4, -0.2) is 38.7 Å². The fourth-order valence-electron chi connectivity index (χ4n) is 1.52. The van der Waals surface area contributed by atoms with Gasteiger partial charge in [-0.05, 0) is 6.26 Å². The van der Waals surface area contributed by atoms with Crippen molar-refractivity contribution in [2.75, 3.05) is 27.6 Å². The molecule has 0 amide bonds. The SMILES string of the molecule is COC(=O)c1cc(OC)c(OC)cc1N=C(NC#N)SC. The van der Waals surface area contributed by atoms with Crippen molar-refractivity contribution in [3.8, 4) is 17.7 Å². The number of carbonyl (C=O) groups is 1. The van der Waals surface area contributed by atoms with Gasteiger partial charge in [0.05, 0.1) is 32.6 Å². The monoisotopic (exact) mass is 309 g/mol. The quantitative estimate of drug-likeness (QED) is 0.298. The lowest BCUT2D eigenvalue weighted by Crippen LogP contribution is -2.13. The molecule has 0 heterocycles. The molecule has 0 atom stereocenters. The zero-order valence-corrected chi connectivity index (χ0v) is 12.9. The number of aliphatic imine (C=N–C) groups is 1. The maximum atomic E-state index is 11.8. The van der Waals surface area contributed by atoms with Gasteiger partial charge in [-0.15, -0.1) is 0 Å². The zero-order valence-electron chi connectivity index (χ0n) is 12.1. The number of nitrogens with one attached hydrogen (secondary N) is 1. The average molecular weight is 309 g/mol. The fraction of sp³-hybridized carbons (Fsp3) is 0.308. The standard InChI is InChI=1S/C13H15N3O4S/c1-18-10-5-8(12(17)20-3)9(6-11(10)19-2)16-13(21-4)15-7-14/h5-6H,1-4H3,(H,15,16).